The lowest BCUT2D eigenvalue weighted by atomic mass is 10.2. The van der Waals surface area contributed by atoms with Crippen LogP contribution in [-0.4, -0.2) is 39.5 Å². The second kappa shape index (κ2) is 10.8. The molecule has 0 aromatic heterocycles. The van der Waals surface area contributed by atoms with Crippen molar-refractivity contribution in [2.75, 3.05) is 27.3 Å². The topological polar surface area (TPSA) is 95.1 Å². The Morgan fingerprint density at radius 2 is 1.41 bits per heavy atom. The van der Waals surface area contributed by atoms with Gasteiger partial charge in [-0.25, -0.2) is 9.59 Å². The van der Waals surface area contributed by atoms with Gasteiger partial charge in [0.2, 0.25) is 0 Å². The van der Waals surface area contributed by atoms with Gasteiger partial charge in [-0.15, -0.1) is 0 Å². The van der Waals surface area contributed by atoms with Crippen molar-refractivity contribution in [3.63, 3.8) is 0 Å². The lowest BCUT2D eigenvalue weighted by Gasteiger charge is -2.13. The van der Waals surface area contributed by atoms with Gasteiger partial charge in [-0.3, -0.25) is 0 Å². The molecule has 0 spiro atoms. The van der Waals surface area contributed by atoms with E-state index in [4.69, 9.17) is 18.9 Å². The van der Waals surface area contributed by atoms with E-state index in [1.54, 1.807) is 36.4 Å². The van der Waals surface area contributed by atoms with Crippen molar-refractivity contribution in [2.24, 2.45) is 0 Å². The first-order valence-electron chi connectivity index (χ1n) is 8.30. The van der Waals surface area contributed by atoms with E-state index in [-0.39, 0.29) is 0 Å². The number of benzene rings is 2. The summed E-state index contributed by atoms with van der Waals surface area (Å²) in [6.45, 7) is 1.11. The van der Waals surface area contributed by atoms with Crippen LogP contribution in [0.1, 0.15) is 11.9 Å². The van der Waals surface area contributed by atoms with Crippen molar-refractivity contribution in [3.05, 3.63) is 60.2 Å². The molecule has 2 N–H and O–H groups in total. The van der Waals surface area contributed by atoms with Crippen LogP contribution in [0.25, 0.3) is 0 Å². The molecule has 1 aliphatic heterocycles. The molecule has 2 aromatic carbocycles. The van der Waals surface area contributed by atoms with Crippen molar-refractivity contribution < 1.29 is 28.5 Å². The zero-order chi connectivity index (χ0) is 19.5. The van der Waals surface area contributed by atoms with Crippen LogP contribution in [-0.2, 0) is 9.47 Å². The average molecular weight is 374 g/mol. The second-order valence-electron chi connectivity index (χ2n) is 5.20. The van der Waals surface area contributed by atoms with Gasteiger partial charge in [0, 0.05) is 14.1 Å². The minimum absolute atomic E-state index is 0.444. The van der Waals surface area contributed by atoms with Gasteiger partial charge < -0.3 is 29.6 Å². The molecule has 1 aliphatic rings. The summed E-state index contributed by atoms with van der Waals surface area (Å²) in [6, 6.07) is 16.1. The Morgan fingerprint density at radius 1 is 0.852 bits per heavy atom. The highest BCUT2D eigenvalue weighted by molar-refractivity contribution is 5.70. The van der Waals surface area contributed by atoms with Crippen LogP contribution in [0, 0.1) is 0 Å². The maximum absolute atomic E-state index is 11.1. The van der Waals surface area contributed by atoms with Crippen molar-refractivity contribution in [1.82, 2.24) is 10.6 Å². The standard InChI is InChI=1S/C11H13NO4.C8H9NO2/c1-12-11(13)16-9-5-3-2-4-8(9)10-14-6-7-15-10;1-9-8(10)11-7-5-3-2-4-6-7/h2-5,10H,6-7H2,1H3,(H,12,13);2-6H,1H3,(H,9,10). The molecule has 0 unspecified atom stereocenters. The first-order valence-corrected chi connectivity index (χ1v) is 8.30. The Bertz CT molecular complexity index is 732. The summed E-state index contributed by atoms with van der Waals surface area (Å²) in [6.07, 6.45) is -1.40. The SMILES string of the molecule is CNC(=O)Oc1ccccc1.CNC(=O)Oc1ccccc1C1OCCO1. The fraction of sp³-hybridized carbons (Fsp3) is 0.263. The predicted molar refractivity (Wildman–Crippen MR) is 97.7 cm³/mol. The molecular weight excluding hydrogens is 352 g/mol. The highest BCUT2D eigenvalue weighted by Gasteiger charge is 2.22. The second-order valence-corrected chi connectivity index (χ2v) is 5.20. The Hall–Kier alpha value is -3.10. The normalized spacial score (nSPS) is 13.1. The quantitative estimate of drug-likeness (QED) is 0.858. The van der Waals surface area contributed by atoms with E-state index in [1.165, 1.54) is 14.1 Å². The molecule has 2 aromatic rings. The van der Waals surface area contributed by atoms with E-state index in [2.05, 4.69) is 10.6 Å². The summed E-state index contributed by atoms with van der Waals surface area (Å²) in [7, 11) is 3.03. The third-order valence-electron chi connectivity index (χ3n) is 3.36. The van der Waals surface area contributed by atoms with Crippen molar-refractivity contribution >= 4 is 12.2 Å². The number of nitrogens with one attached hydrogen (secondary N) is 2. The number of carbonyl (C=O) groups excluding carboxylic acids is 2. The van der Waals surface area contributed by atoms with Gasteiger partial charge in [0.1, 0.15) is 11.5 Å². The van der Waals surface area contributed by atoms with Crippen molar-refractivity contribution in [2.45, 2.75) is 6.29 Å². The van der Waals surface area contributed by atoms with E-state index in [9.17, 15) is 9.59 Å². The van der Waals surface area contributed by atoms with Gasteiger partial charge in [0.25, 0.3) is 0 Å². The summed E-state index contributed by atoms with van der Waals surface area (Å²) in [5, 5.41) is 4.74. The van der Waals surface area contributed by atoms with Crippen LogP contribution in [0.5, 0.6) is 11.5 Å². The van der Waals surface area contributed by atoms with Crippen molar-refractivity contribution in [1.29, 1.82) is 0 Å². The molecule has 1 saturated heterocycles. The van der Waals surface area contributed by atoms with Crippen LogP contribution in [0.3, 0.4) is 0 Å². The zero-order valence-corrected chi connectivity index (χ0v) is 15.1. The molecule has 1 fully saturated rings. The summed E-state index contributed by atoms with van der Waals surface area (Å²) in [4.78, 5) is 21.8. The highest BCUT2D eigenvalue weighted by Crippen LogP contribution is 2.30. The number of para-hydroxylation sites is 2. The lowest BCUT2D eigenvalue weighted by Crippen LogP contribution is -2.22. The van der Waals surface area contributed by atoms with Crippen LogP contribution in [0.2, 0.25) is 0 Å². The minimum atomic E-state index is -0.509. The molecule has 144 valence electrons. The van der Waals surface area contributed by atoms with Gasteiger partial charge >= 0.3 is 12.2 Å². The number of rotatable bonds is 3. The van der Waals surface area contributed by atoms with Crippen LogP contribution < -0.4 is 20.1 Å². The van der Waals surface area contributed by atoms with Crippen LogP contribution in [0.4, 0.5) is 9.59 Å². The van der Waals surface area contributed by atoms with Crippen LogP contribution >= 0.6 is 0 Å². The molecule has 8 heteroatoms. The van der Waals surface area contributed by atoms with E-state index in [1.807, 2.05) is 18.2 Å². The average Bonchev–Trinajstić information content (AvgIpc) is 3.24. The number of hydrogen-bond acceptors (Lipinski definition) is 6. The third-order valence-corrected chi connectivity index (χ3v) is 3.36. The van der Waals surface area contributed by atoms with Gasteiger partial charge in [0.15, 0.2) is 6.29 Å². The van der Waals surface area contributed by atoms with E-state index >= 15 is 0 Å². The number of hydrogen-bond donors (Lipinski definition) is 2. The summed E-state index contributed by atoms with van der Waals surface area (Å²) in [5.41, 5.74) is 0.726. The monoisotopic (exact) mass is 374 g/mol. The number of amides is 2. The molecule has 3 rings (SSSR count). The first-order chi connectivity index (χ1) is 13.1. The minimum Gasteiger partial charge on any atom is -0.410 e. The largest absolute Gasteiger partial charge is 0.412 e. The molecule has 0 saturated carbocycles. The van der Waals surface area contributed by atoms with E-state index < -0.39 is 18.5 Å². The van der Waals surface area contributed by atoms with E-state index in [0.717, 1.165) is 5.56 Å². The van der Waals surface area contributed by atoms with Gasteiger partial charge in [-0.2, -0.15) is 0 Å². The summed E-state index contributed by atoms with van der Waals surface area (Å²) in [5.74, 6) is 1.00. The predicted octanol–water partition coefficient (Wildman–Crippen LogP) is 2.86. The molecule has 0 atom stereocenters. The fourth-order valence-corrected chi connectivity index (χ4v) is 2.10. The van der Waals surface area contributed by atoms with Gasteiger partial charge in [-0.05, 0) is 18.2 Å². The van der Waals surface area contributed by atoms with Gasteiger partial charge in [0.05, 0.1) is 18.8 Å². The summed E-state index contributed by atoms with van der Waals surface area (Å²) >= 11 is 0. The maximum atomic E-state index is 11.1. The molecule has 1 heterocycles. The number of carbonyl (C=O) groups is 2. The molecule has 2 amide bonds. The highest BCUT2D eigenvalue weighted by atomic mass is 16.7. The third kappa shape index (κ3) is 6.61. The lowest BCUT2D eigenvalue weighted by molar-refractivity contribution is -0.0452. The first kappa shape index (κ1) is 20.2. The molecule has 27 heavy (non-hydrogen) atoms. The molecule has 0 bridgehead atoms. The Labute approximate surface area is 157 Å². The zero-order valence-electron chi connectivity index (χ0n) is 15.1. The maximum Gasteiger partial charge on any atom is 0.412 e. The van der Waals surface area contributed by atoms with Gasteiger partial charge in [-0.1, -0.05) is 36.4 Å². The van der Waals surface area contributed by atoms with Crippen LogP contribution in [0.15, 0.2) is 54.6 Å². The Morgan fingerprint density at radius 3 is 2.04 bits per heavy atom. The Kier molecular flexibility index (Phi) is 8.08. The smallest absolute Gasteiger partial charge is 0.410 e. The molecule has 8 nitrogen and oxygen atoms in total. The Balaban J connectivity index is 0.000000208. The molecule has 0 aliphatic carbocycles. The molecular formula is C19H22N2O6. The van der Waals surface area contributed by atoms with E-state index in [0.29, 0.717) is 24.7 Å². The molecule has 0 radical (unpaired) electrons. The summed E-state index contributed by atoms with van der Waals surface area (Å²) < 4.78 is 20.6. The fourth-order valence-electron chi connectivity index (χ4n) is 2.10. The van der Waals surface area contributed by atoms with Crippen molar-refractivity contribution in [3.8, 4) is 11.5 Å². The number of ether oxygens (including phenoxy) is 4.